The summed E-state index contributed by atoms with van der Waals surface area (Å²) < 4.78 is 9.83. The Morgan fingerprint density at radius 3 is 2.49 bits per heavy atom. The average Bonchev–Trinajstić information content (AvgIpc) is 3.71. The normalized spacial score (nSPS) is 25.5. The Hall–Kier alpha value is -5.04. The molecule has 12 heteroatoms. The van der Waals surface area contributed by atoms with Crippen LogP contribution in [0.1, 0.15) is 78.9 Å². The molecular weight excluding hydrogens is 711 g/mol. The fourth-order valence-electron chi connectivity index (χ4n) is 11.3. The van der Waals surface area contributed by atoms with Crippen molar-refractivity contribution in [3.05, 3.63) is 90.0 Å². The summed E-state index contributed by atoms with van der Waals surface area (Å²) in [6, 6.07) is 18.6. The van der Waals surface area contributed by atoms with Crippen LogP contribution in [0, 0.1) is 23.2 Å². The first-order valence-electron chi connectivity index (χ1n) is 19.0. The van der Waals surface area contributed by atoms with Gasteiger partial charge in [-0.25, -0.2) is 14.8 Å². The zero-order chi connectivity index (χ0) is 38.2. The quantitative estimate of drug-likeness (QED) is 0.111. The molecule has 282 valence electrons. The Morgan fingerprint density at radius 2 is 1.73 bits per heavy atom. The van der Waals surface area contributed by atoms with Gasteiger partial charge in [0.1, 0.15) is 0 Å². The molecule has 2 aromatic carbocycles. The number of fused-ring (bicyclic) bond motifs is 2. The van der Waals surface area contributed by atoms with Gasteiger partial charge in [0.15, 0.2) is 10.8 Å². The number of benzene rings is 2. The van der Waals surface area contributed by atoms with Gasteiger partial charge in [-0.05, 0) is 111 Å². The molecular formula is C43H45N7O4S. The van der Waals surface area contributed by atoms with Crippen molar-refractivity contribution >= 4 is 49.5 Å². The molecule has 3 N–H and O–H groups in total. The molecule has 0 spiro atoms. The Bertz CT molecular complexity index is 2460. The van der Waals surface area contributed by atoms with Crippen LogP contribution in [0.15, 0.2) is 73.1 Å². The number of para-hydroxylation sites is 1. The van der Waals surface area contributed by atoms with Crippen LogP contribution in [-0.2, 0) is 11.3 Å². The number of ether oxygens (including phenoxy) is 1. The third-order valence-corrected chi connectivity index (χ3v) is 13.1. The van der Waals surface area contributed by atoms with Crippen LogP contribution in [0.4, 0.5) is 5.13 Å². The zero-order valence-corrected chi connectivity index (χ0v) is 32.4. The van der Waals surface area contributed by atoms with Gasteiger partial charge < -0.3 is 15.2 Å². The number of anilines is 1. The number of nitrogens with zero attached hydrogens (tertiary/aromatic N) is 5. The average molecular weight is 756 g/mol. The standard InChI is InChI=1S/C43H45N7O4S/c1-26-31(18-46-50(26)25-42-20-40(2)19-41(3,21-42)23-43(22-40,24-42)54-16-15-44-4)28-10-12-32(47-36(28)38(52)53)27-9-11-33-30(17-27)29(13-14-45-33)37(51)49-39-48-34-7-5-6-8-35(34)55-39/h5-14,17-18,44H,15-16,19-25H2,1-4H3,(H,52,53)(H,48,49,51). The molecule has 4 saturated carbocycles. The number of amides is 1. The minimum Gasteiger partial charge on any atom is -0.476 e. The second kappa shape index (κ2) is 13.0. The molecule has 11 nitrogen and oxygen atoms in total. The van der Waals surface area contributed by atoms with Crippen molar-refractivity contribution in [1.29, 1.82) is 0 Å². The molecule has 4 heterocycles. The van der Waals surface area contributed by atoms with E-state index in [0.29, 0.717) is 45.0 Å². The highest BCUT2D eigenvalue weighted by Gasteiger charge is 2.66. The minimum absolute atomic E-state index is 0.0491. The maximum atomic E-state index is 13.6. The first-order chi connectivity index (χ1) is 26.4. The van der Waals surface area contributed by atoms with Crippen molar-refractivity contribution < 1.29 is 19.4 Å². The number of aromatic carboxylic acids is 1. The van der Waals surface area contributed by atoms with Gasteiger partial charge in [-0.1, -0.05) is 43.4 Å². The fourth-order valence-corrected chi connectivity index (χ4v) is 12.2. The van der Waals surface area contributed by atoms with Crippen molar-refractivity contribution in [3.8, 4) is 22.4 Å². The summed E-state index contributed by atoms with van der Waals surface area (Å²) in [5, 5.41) is 22.7. The summed E-state index contributed by atoms with van der Waals surface area (Å²) in [5.74, 6) is -1.43. The highest BCUT2D eigenvalue weighted by Crippen LogP contribution is 2.72. The van der Waals surface area contributed by atoms with Gasteiger partial charge in [-0.3, -0.25) is 19.8 Å². The smallest absolute Gasteiger partial charge is 0.355 e. The molecule has 4 aromatic heterocycles. The van der Waals surface area contributed by atoms with Gasteiger partial charge >= 0.3 is 5.97 Å². The maximum Gasteiger partial charge on any atom is 0.355 e. The molecule has 4 fully saturated rings. The summed E-state index contributed by atoms with van der Waals surface area (Å²) >= 11 is 1.41. The van der Waals surface area contributed by atoms with E-state index >= 15 is 0 Å². The molecule has 0 radical (unpaired) electrons. The fraction of sp³-hybridized carbons (Fsp3) is 0.395. The second-order valence-corrected chi connectivity index (χ2v) is 18.1. The number of carbonyl (C=O) groups is 2. The number of hydrogen-bond donors (Lipinski definition) is 3. The first-order valence-corrected chi connectivity index (χ1v) is 19.8. The first kappa shape index (κ1) is 35.6. The van der Waals surface area contributed by atoms with Crippen LogP contribution in [0.5, 0.6) is 0 Å². The number of aromatic nitrogens is 5. The third-order valence-electron chi connectivity index (χ3n) is 12.2. The summed E-state index contributed by atoms with van der Waals surface area (Å²) in [5.41, 5.74) is 5.59. The lowest BCUT2D eigenvalue weighted by Crippen LogP contribution is -2.64. The molecule has 4 aliphatic rings. The molecule has 10 rings (SSSR count). The molecule has 2 unspecified atom stereocenters. The van der Waals surface area contributed by atoms with E-state index in [1.807, 2.05) is 68.6 Å². The van der Waals surface area contributed by atoms with Crippen molar-refractivity contribution in [1.82, 2.24) is 30.0 Å². The van der Waals surface area contributed by atoms with Crippen molar-refractivity contribution in [2.75, 3.05) is 25.5 Å². The van der Waals surface area contributed by atoms with E-state index in [1.165, 1.54) is 17.8 Å². The molecule has 1 amide bonds. The van der Waals surface area contributed by atoms with Crippen LogP contribution in [0.25, 0.3) is 43.5 Å². The summed E-state index contributed by atoms with van der Waals surface area (Å²) in [7, 11) is 1.97. The molecule has 6 aromatic rings. The molecule has 2 atom stereocenters. The molecule has 55 heavy (non-hydrogen) atoms. The lowest BCUT2D eigenvalue weighted by molar-refractivity contribution is -0.247. The number of thiazole rings is 1. The lowest BCUT2D eigenvalue weighted by Gasteiger charge is -2.69. The van der Waals surface area contributed by atoms with E-state index in [4.69, 9.17) is 14.8 Å². The minimum atomic E-state index is -1.12. The van der Waals surface area contributed by atoms with Gasteiger partial charge in [0, 0.05) is 47.1 Å². The Balaban J connectivity index is 1.01. The monoisotopic (exact) mass is 755 g/mol. The van der Waals surface area contributed by atoms with E-state index in [2.05, 4.69) is 39.1 Å². The number of likely N-dealkylation sites (N-methyl/N-ethyl adjacent to an activating group) is 1. The zero-order valence-electron chi connectivity index (χ0n) is 31.6. The van der Waals surface area contributed by atoms with E-state index in [0.717, 1.165) is 66.7 Å². The van der Waals surface area contributed by atoms with E-state index in [1.54, 1.807) is 18.5 Å². The number of hydrogen-bond acceptors (Lipinski definition) is 9. The number of carboxylic acids is 1. The third kappa shape index (κ3) is 6.39. The number of pyridine rings is 2. The van der Waals surface area contributed by atoms with Crippen molar-refractivity contribution in [2.45, 2.75) is 71.4 Å². The largest absolute Gasteiger partial charge is 0.476 e. The van der Waals surface area contributed by atoms with Gasteiger partial charge in [-0.2, -0.15) is 5.10 Å². The van der Waals surface area contributed by atoms with E-state index in [-0.39, 0.29) is 33.4 Å². The number of nitrogens with one attached hydrogen (secondary N) is 2. The van der Waals surface area contributed by atoms with Gasteiger partial charge in [0.25, 0.3) is 5.91 Å². The van der Waals surface area contributed by atoms with E-state index < -0.39 is 5.97 Å². The van der Waals surface area contributed by atoms with Gasteiger partial charge in [-0.15, -0.1) is 0 Å². The van der Waals surface area contributed by atoms with Crippen molar-refractivity contribution in [3.63, 3.8) is 0 Å². The van der Waals surface area contributed by atoms with Crippen LogP contribution >= 0.6 is 11.3 Å². The maximum absolute atomic E-state index is 13.6. The van der Waals surface area contributed by atoms with E-state index in [9.17, 15) is 14.7 Å². The topological polar surface area (TPSA) is 144 Å². The SMILES string of the molecule is CNCCOC12CC3(C)CC(C)(CC(Cn4ncc(-c5ccc(-c6ccc7nccc(C(=O)Nc8nc9ccccc9s8)c7c6)nc5C(=O)O)c4C)(C3)C1)C2. The van der Waals surface area contributed by atoms with Crippen LogP contribution in [-0.4, -0.2) is 67.5 Å². The highest BCUT2D eigenvalue weighted by atomic mass is 32.1. The molecule has 4 aliphatic carbocycles. The number of carbonyl (C=O) groups excluding carboxylic acids is 1. The lowest BCUT2D eigenvalue weighted by atomic mass is 9.39. The summed E-state index contributed by atoms with van der Waals surface area (Å²) in [6.07, 6.45) is 10.2. The Morgan fingerprint density at radius 1 is 0.927 bits per heavy atom. The van der Waals surface area contributed by atoms with Crippen LogP contribution < -0.4 is 10.6 Å². The number of rotatable bonds is 11. The Kier molecular flexibility index (Phi) is 8.45. The second-order valence-electron chi connectivity index (χ2n) is 17.0. The molecule has 0 saturated heterocycles. The van der Waals surface area contributed by atoms with Gasteiger partial charge in [0.05, 0.1) is 45.4 Å². The van der Waals surface area contributed by atoms with Gasteiger partial charge in [0.2, 0.25) is 0 Å². The molecule has 4 bridgehead atoms. The summed E-state index contributed by atoms with van der Waals surface area (Å²) in [4.78, 5) is 40.1. The predicted molar refractivity (Wildman–Crippen MR) is 214 cm³/mol. The molecule has 0 aliphatic heterocycles. The summed E-state index contributed by atoms with van der Waals surface area (Å²) in [6.45, 7) is 9.25. The Labute approximate surface area is 323 Å². The number of carboxylic acid groups (broad SMARTS) is 1. The predicted octanol–water partition coefficient (Wildman–Crippen LogP) is 8.38. The van der Waals surface area contributed by atoms with Crippen LogP contribution in [0.2, 0.25) is 0 Å². The highest BCUT2D eigenvalue weighted by molar-refractivity contribution is 7.22. The van der Waals surface area contributed by atoms with Crippen LogP contribution in [0.3, 0.4) is 0 Å². The van der Waals surface area contributed by atoms with Crippen molar-refractivity contribution in [2.24, 2.45) is 16.2 Å².